The lowest BCUT2D eigenvalue weighted by atomic mass is 10.1. The molecule has 0 bridgehead atoms. The van der Waals surface area contributed by atoms with Gasteiger partial charge in [-0.25, -0.2) is 15.0 Å². The Balaban J connectivity index is 0.000000211. The molecule has 0 saturated carbocycles. The molecular weight excluding hydrogens is 372 g/mol. The van der Waals surface area contributed by atoms with E-state index in [0.717, 1.165) is 0 Å². The molecule has 1 aliphatic rings. The minimum absolute atomic E-state index is 0.0556. The fraction of sp³-hybridized carbons (Fsp3) is 0.312. The number of nitrogens with two attached hydrogens (primary N) is 2. The van der Waals surface area contributed by atoms with Crippen LogP contribution in [0, 0.1) is 0 Å². The van der Waals surface area contributed by atoms with E-state index in [4.69, 9.17) is 26.6 Å². The summed E-state index contributed by atoms with van der Waals surface area (Å²) in [6, 6.07) is 6.50. The SMILES string of the molecule is NOc1ccccc1O.Nc1ncnc2c1ncn2[C@@H]1O[C@H](CO)[C@@H](O)[C@H]1O. The highest BCUT2D eigenvalue weighted by molar-refractivity contribution is 5.81. The van der Waals surface area contributed by atoms with Gasteiger partial charge in [-0.2, -0.15) is 5.90 Å². The molecule has 12 nitrogen and oxygen atoms in total. The van der Waals surface area contributed by atoms with Crippen molar-refractivity contribution in [3.05, 3.63) is 36.9 Å². The summed E-state index contributed by atoms with van der Waals surface area (Å²) in [5.74, 6) is 5.35. The molecule has 3 aromatic rings. The fourth-order valence-electron chi connectivity index (χ4n) is 2.72. The van der Waals surface area contributed by atoms with Crippen LogP contribution in [0.3, 0.4) is 0 Å². The Kier molecular flexibility index (Phi) is 5.87. The summed E-state index contributed by atoms with van der Waals surface area (Å²) in [6.07, 6.45) is -1.42. The van der Waals surface area contributed by atoms with Crippen LogP contribution in [-0.4, -0.2) is 64.9 Å². The Hall–Kier alpha value is -3.03. The maximum absolute atomic E-state index is 9.95. The molecule has 1 aliphatic heterocycles. The Morgan fingerprint density at radius 3 is 2.50 bits per heavy atom. The number of hydrogen-bond acceptors (Lipinski definition) is 11. The van der Waals surface area contributed by atoms with Gasteiger partial charge in [-0.05, 0) is 12.1 Å². The Morgan fingerprint density at radius 1 is 1.14 bits per heavy atom. The molecule has 0 amide bonds. The van der Waals surface area contributed by atoms with Crippen LogP contribution in [0.15, 0.2) is 36.9 Å². The Morgan fingerprint density at radius 2 is 1.89 bits per heavy atom. The lowest BCUT2D eigenvalue weighted by molar-refractivity contribution is -0.0511. The molecule has 0 spiro atoms. The molecule has 12 heteroatoms. The third-order valence-electron chi connectivity index (χ3n) is 4.17. The van der Waals surface area contributed by atoms with E-state index in [2.05, 4.69) is 19.8 Å². The van der Waals surface area contributed by atoms with Gasteiger partial charge in [-0.1, -0.05) is 12.1 Å². The number of phenols is 1. The number of hydrogen-bond donors (Lipinski definition) is 6. The highest BCUT2D eigenvalue weighted by Gasteiger charge is 2.43. The summed E-state index contributed by atoms with van der Waals surface area (Å²) < 4.78 is 6.85. The van der Waals surface area contributed by atoms with Gasteiger partial charge in [0.15, 0.2) is 29.2 Å². The number of nitrogens with zero attached hydrogens (tertiary/aromatic N) is 4. The van der Waals surface area contributed by atoms with E-state index in [1.807, 2.05) is 0 Å². The van der Waals surface area contributed by atoms with Crippen molar-refractivity contribution in [2.45, 2.75) is 24.5 Å². The first-order valence-electron chi connectivity index (χ1n) is 8.18. The van der Waals surface area contributed by atoms with Crippen molar-refractivity contribution in [1.82, 2.24) is 19.5 Å². The number of nitrogen functional groups attached to an aromatic ring is 1. The number of rotatable bonds is 3. The zero-order chi connectivity index (χ0) is 20.3. The summed E-state index contributed by atoms with van der Waals surface area (Å²) in [4.78, 5) is 16.2. The molecule has 0 unspecified atom stereocenters. The second-order valence-corrected chi connectivity index (χ2v) is 5.90. The molecule has 150 valence electrons. The highest BCUT2D eigenvalue weighted by Crippen LogP contribution is 2.31. The second-order valence-electron chi connectivity index (χ2n) is 5.90. The lowest BCUT2D eigenvalue weighted by Crippen LogP contribution is -2.33. The number of para-hydroxylation sites is 2. The molecule has 28 heavy (non-hydrogen) atoms. The van der Waals surface area contributed by atoms with Crippen LogP contribution in [0.5, 0.6) is 11.5 Å². The maximum atomic E-state index is 9.95. The molecule has 8 N–H and O–H groups in total. The zero-order valence-electron chi connectivity index (χ0n) is 14.5. The van der Waals surface area contributed by atoms with Crippen LogP contribution in [0.1, 0.15) is 6.23 Å². The molecule has 1 saturated heterocycles. The topological polar surface area (TPSA) is 195 Å². The van der Waals surface area contributed by atoms with Crippen LogP contribution in [0.2, 0.25) is 0 Å². The molecular formula is C16H20N6O6. The van der Waals surface area contributed by atoms with Gasteiger partial charge in [0.05, 0.1) is 12.9 Å². The van der Waals surface area contributed by atoms with Crippen molar-refractivity contribution < 1.29 is 30.0 Å². The number of aliphatic hydroxyl groups excluding tert-OH is 3. The Bertz CT molecular complexity index is 937. The van der Waals surface area contributed by atoms with E-state index >= 15 is 0 Å². The zero-order valence-corrected chi connectivity index (χ0v) is 14.5. The molecule has 4 atom stereocenters. The molecule has 0 radical (unpaired) electrons. The van der Waals surface area contributed by atoms with Crippen molar-refractivity contribution in [3.63, 3.8) is 0 Å². The molecule has 2 aromatic heterocycles. The van der Waals surface area contributed by atoms with E-state index in [9.17, 15) is 10.2 Å². The van der Waals surface area contributed by atoms with Gasteiger partial charge in [0, 0.05) is 0 Å². The second kappa shape index (κ2) is 8.33. The van der Waals surface area contributed by atoms with Gasteiger partial charge >= 0.3 is 0 Å². The van der Waals surface area contributed by atoms with Gasteiger partial charge in [0.25, 0.3) is 0 Å². The van der Waals surface area contributed by atoms with Gasteiger partial charge in [-0.3, -0.25) is 4.57 Å². The number of aliphatic hydroxyl groups is 3. The van der Waals surface area contributed by atoms with Crippen molar-refractivity contribution >= 4 is 17.0 Å². The molecule has 3 heterocycles. The van der Waals surface area contributed by atoms with Crippen molar-refractivity contribution in [1.29, 1.82) is 0 Å². The summed E-state index contributed by atoms with van der Waals surface area (Å²) >= 11 is 0. The van der Waals surface area contributed by atoms with E-state index in [1.165, 1.54) is 23.3 Å². The van der Waals surface area contributed by atoms with Crippen molar-refractivity contribution in [2.24, 2.45) is 5.90 Å². The lowest BCUT2D eigenvalue weighted by Gasteiger charge is -2.16. The van der Waals surface area contributed by atoms with Crippen molar-refractivity contribution in [3.8, 4) is 11.5 Å². The third-order valence-corrected chi connectivity index (χ3v) is 4.17. The first-order chi connectivity index (χ1) is 13.5. The van der Waals surface area contributed by atoms with Crippen LogP contribution in [0.25, 0.3) is 11.2 Å². The highest BCUT2D eigenvalue weighted by atomic mass is 16.6. The smallest absolute Gasteiger partial charge is 0.188 e. The van der Waals surface area contributed by atoms with Gasteiger partial charge < -0.3 is 35.7 Å². The summed E-state index contributed by atoms with van der Waals surface area (Å²) in [6.45, 7) is -0.390. The number of ether oxygens (including phenoxy) is 1. The number of phenolic OH excluding ortho intramolecular Hbond substituents is 1. The predicted molar refractivity (Wildman–Crippen MR) is 95.7 cm³/mol. The summed E-state index contributed by atoms with van der Waals surface area (Å²) in [5.41, 5.74) is 6.44. The van der Waals surface area contributed by atoms with E-state index < -0.39 is 31.1 Å². The predicted octanol–water partition coefficient (Wildman–Crippen LogP) is -1.34. The average Bonchev–Trinajstić information content (AvgIpc) is 3.25. The standard InChI is InChI=1S/C10H13N5O4.C6H7NO2/c11-8-5-9(13-2-12-8)15(3-14-5)10-7(18)6(17)4(1-16)19-10;7-9-6-4-2-1-3-5(6)8/h2-4,6-7,10,16-18H,1H2,(H2,11,12,13);1-4,8H,7H2/t4-,6-,7-,10-;/m1./s1. The number of aromatic hydroxyl groups is 1. The van der Waals surface area contributed by atoms with Crippen LogP contribution < -0.4 is 16.5 Å². The number of anilines is 1. The molecule has 4 rings (SSSR count). The third kappa shape index (κ3) is 3.67. The van der Waals surface area contributed by atoms with Crippen LogP contribution in [-0.2, 0) is 4.74 Å². The normalized spacial score (nSPS) is 24.0. The van der Waals surface area contributed by atoms with Gasteiger partial charge in [0.1, 0.15) is 30.2 Å². The molecule has 0 aliphatic carbocycles. The maximum Gasteiger partial charge on any atom is 0.188 e. The minimum Gasteiger partial charge on any atom is -0.504 e. The number of benzene rings is 1. The minimum atomic E-state index is -1.19. The van der Waals surface area contributed by atoms with Crippen LogP contribution >= 0.6 is 0 Å². The number of imidazole rings is 1. The summed E-state index contributed by atoms with van der Waals surface area (Å²) in [5, 5.41) is 37.6. The first-order valence-corrected chi connectivity index (χ1v) is 8.18. The van der Waals surface area contributed by atoms with E-state index in [1.54, 1.807) is 18.2 Å². The van der Waals surface area contributed by atoms with Gasteiger partial charge in [-0.15, -0.1) is 0 Å². The monoisotopic (exact) mass is 392 g/mol. The average molecular weight is 392 g/mol. The largest absolute Gasteiger partial charge is 0.504 e. The molecule has 1 aromatic carbocycles. The first kappa shape index (κ1) is 19.7. The summed E-state index contributed by atoms with van der Waals surface area (Å²) in [7, 11) is 0. The quantitative estimate of drug-likeness (QED) is 0.289. The van der Waals surface area contributed by atoms with E-state index in [0.29, 0.717) is 11.2 Å². The number of aromatic nitrogens is 4. The van der Waals surface area contributed by atoms with Crippen molar-refractivity contribution in [2.75, 3.05) is 12.3 Å². The Labute approximate surface area is 158 Å². The number of fused-ring (bicyclic) bond motifs is 1. The van der Waals surface area contributed by atoms with Gasteiger partial charge in [0.2, 0.25) is 0 Å². The molecule has 1 fully saturated rings. The van der Waals surface area contributed by atoms with Crippen LogP contribution in [0.4, 0.5) is 5.82 Å². The fourth-order valence-corrected chi connectivity index (χ4v) is 2.72. The van der Waals surface area contributed by atoms with E-state index in [-0.39, 0.29) is 17.3 Å².